The SMILES string of the molecule is CCSc1ccc(N2CC(C#N)(CC)C2)c(-c2cc3ccc(C)cc3[nH]2)c1. The first-order valence-corrected chi connectivity index (χ1v) is 10.6. The van der Waals surface area contributed by atoms with Crippen LogP contribution in [0, 0.1) is 23.7 Å². The van der Waals surface area contributed by atoms with E-state index in [0.29, 0.717) is 0 Å². The van der Waals surface area contributed by atoms with Gasteiger partial charge < -0.3 is 9.88 Å². The van der Waals surface area contributed by atoms with Gasteiger partial charge in [-0.15, -0.1) is 11.8 Å². The second-order valence-electron chi connectivity index (χ2n) is 7.49. The van der Waals surface area contributed by atoms with E-state index in [0.717, 1.165) is 31.0 Å². The lowest BCUT2D eigenvalue weighted by atomic mass is 9.78. The van der Waals surface area contributed by atoms with Crippen molar-refractivity contribution in [2.75, 3.05) is 23.7 Å². The predicted octanol–water partition coefficient (Wildman–Crippen LogP) is 6.00. The van der Waals surface area contributed by atoms with Gasteiger partial charge in [-0.2, -0.15) is 5.26 Å². The van der Waals surface area contributed by atoms with Gasteiger partial charge in [0.2, 0.25) is 0 Å². The number of rotatable bonds is 5. The summed E-state index contributed by atoms with van der Waals surface area (Å²) in [7, 11) is 0. The smallest absolute Gasteiger partial charge is 0.0919 e. The van der Waals surface area contributed by atoms with Gasteiger partial charge in [0.05, 0.1) is 11.5 Å². The van der Waals surface area contributed by atoms with Crippen LogP contribution < -0.4 is 4.90 Å². The topological polar surface area (TPSA) is 42.8 Å². The van der Waals surface area contributed by atoms with Gasteiger partial charge in [-0.1, -0.05) is 26.0 Å². The molecule has 0 saturated carbocycles. The Morgan fingerprint density at radius 3 is 2.67 bits per heavy atom. The van der Waals surface area contributed by atoms with Crippen molar-refractivity contribution in [3.8, 4) is 17.3 Å². The highest BCUT2D eigenvalue weighted by atomic mass is 32.2. The third-order valence-electron chi connectivity index (χ3n) is 5.59. The van der Waals surface area contributed by atoms with Crippen molar-refractivity contribution in [2.24, 2.45) is 5.41 Å². The van der Waals surface area contributed by atoms with Crippen LogP contribution in [0.1, 0.15) is 25.8 Å². The second-order valence-corrected chi connectivity index (χ2v) is 8.82. The average Bonchev–Trinajstić information content (AvgIpc) is 3.05. The summed E-state index contributed by atoms with van der Waals surface area (Å²) in [5.41, 5.74) is 5.84. The molecule has 1 aromatic heterocycles. The van der Waals surface area contributed by atoms with Crippen molar-refractivity contribution < 1.29 is 0 Å². The molecule has 138 valence electrons. The number of benzene rings is 2. The maximum atomic E-state index is 9.54. The third-order valence-corrected chi connectivity index (χ3v) is 6.46. The zero-order valence-electron chi connectivity index (χ0n) is 16.2. The summed E-state index contributed by atoms with van der Waals surface area (Å²) in [6.07, 6.45) is 0.908. The van der Waals surface area contributed by atoms with Crippen LogP contribution in [0.15, 0.2) is 47.4 Å². The maximum Gasteiger partial charge on any atom is 0.0919 e. The number of fused-ring (bicyclic) bond motifs is 1. The molecule has 4 heteroatoms. The summed E-state index contributed by atoms with van der Waals surface area (Å²) >= 11 is 1.86. The first-order chi connectivity index (χ1) is 13.1. The Balaban J connectivity index is 1.77. The molecule has 0 spiro atoms. The van der Waals surface area contributed by atoms with Crippen molar-refractivity contribution in [2.45, 2.75) is 32.1 Å². The lowest BCUT2D eigenvalue weighted by Crippen LogP contribution is -2.55. The molecule has 2 aromatic carbocycles. The molecule has 1 aliphatic heterocycles. The van der Waals surface area contributed by atoms with Crippen molar-refractivity contribution >= 4 is 28.4 Å². The number of aryl methyl sites for hydroxylation is 1. The number of hydrogen-bond acceptors (Lipinski definition) is 3. The Bertz CT molecular complexity index is 1020. The molecule has 3 nitrogen and oxygen atoms in total. The molecule has 0 unspecified atom stereocenters. The predicted molar refractivity (Wildman–Crippen MR) is 115 cm³/mol. The summed E-state index contributed by atoms with van der Waals surface area (Å²) in [4.78, 5) is 7.25. The Morgan fingerprint density at radius 1 is 1.15 bits per heavy atom. The summed E-state index contributed by atoms with van der Waals surface area (Å²) in [5.74, 6) is 1.06. The highest BCUT2D eigenvalue weighted by molar-refractivity contribution is 7.99. The van der Waals surface area contributed by atoms with Crippen LogP contribution in [-0.4, -0.2) is 23.8 Å². The van der Waals surface area contributed by atoms with Crippen molar-refractivity contribution in [1.82, 2.24) is 4.98 Å². The summed E-state index contributed by atoms with van der Waals surface area (Å²) in [6, 6.07) is 18.0. The lowest BCUT2D eigenvalue weighted by Gasteiger charge is -2.47. The van der Waals surface area contributed by atoms with Crippen LogP contribution in [0.2, 0.25) is 0 Å². The van der Waals surface area contributed by atoms with E-state index in [9.17, 15) is 5.26 Å². The molecule has 0 radical (unpaired) electrons. The van der Waals surface area contributed by atoms with Crippen LogP contribution in [0.3, 0.4) is 0 Å². The van der Waals surface area contributed by atoms with Gasteiger partial charge in [-0.3, -0.25) is 0 Å². The molecule has 1 saturated heterocycles. The Morgan fingerprint density at radius 2 is 1.96 bits per heavy atom. The van der Waals surface area contributed by atoms with Crippen LogP contribution in [0.5, 0.6) is 0 Å². The molecule has 1 N–H and O–H groups in total. The van der Waals surface area contributed by atoms with Crippen LogP contribution >= 0.6 is 11.8 Å². The molecule has 3 aromatic rings. The zero-order valence-corrected chi connectivity index (χ0v) is 17.0. The molecule has 0 atom stereocenters. The first kappa shape index (κ1) is 18.0. The number of aromatic nitrogens is 1. The minimum atomic E-state index is -0.189. The monoisotopic (exact) mass is 375 g/mol. The van der Waals surface area contributed by atoms with Gasteiger partial charge in [-0.25, -0.2) is 0 Å². The van der Waals surface area contributed by atoms with E-state index >= 15 is 0 Å². The zero-order chi connectivity index (χ0) is 19.0. The van der Waals surface area contributed by atoms with E-state index in [4.69, 9.17) is 0 Å². The fourth-order valence-corrected chi connectivity index (χ4v) is 4.58. The Kier molecular flexibility index (Phi) is 4.65. The van der Waals surface area contributed by atoms with Crippen LogP contribution in [0.25, 0.3) is 22.2 Å². The number of H-pyrrole nitrogens is 1. The standard InChI is InChI=1S/C23H25N3S/c1-4-23(13-24)14-26(15-23)22-9-8-18(27-5-2)12-19(22)21-11-17-7-6-16(3)10-20(17)25-21/h6-12,25H,4-5,14-15H2,1-3H3. The second kappa shape index (κ2) is 6.98. The quantitative estimate of drug-likeness (QED) is 0.557. The van der Waals surface area contributed by atoms with Gasteiger partial charge >= 0.3 is 0 Å². The van der Waals surface area contributed by atoms with Gasteiger partial charge in [0.25, 0.3) is 0 Å². The largest absolute Gasteiger partial charge is 0.368 e. The summed E-state index contributed by atoms with van der Waals surface area (Å²) in [6.45, 7) is 8.04. The van der Waals surface area contributed by atoms with Gasteiger partial charge in [-0.05, 0) is 55.0 Å². The van der Waals surface area contributed by atoms with Gasteiger partial charge in [0, 0.05) is 45.8 Å². The minimum absolute atomic E-state index is 0.189. The number of aromatic amines is 1. The van der Waals surface area contributed by atoms with Crippen molar-refractivity contribution in [3.63, 3.8) is 0 Å². The maximum absolute atomic E-state index is 9.54. The molecular formula is C23H25N3S. The fraction of sp³-hybridized carbons (Fsp3) is 0.348. The number of anilines is 1. The van der Waals surface area contributed by atoms with E-state index in [1.165, 1.54) is 32.6 Å². The molecule has 0 aliphatic carbocycles. The van der Waals surface area contributed by atoms with Crippen LogP contribution in [0.4, 0.5) is 5.69 Å². The average molecular weight is 376 g/mol. The number of hydrogen-bond donors (Lipinski definition) is 1. The lowest BCUT2D eigenvalue weighted by molar-refractivity contribution is 0.291. The van der Waals surface area contributed by atoms with E-state index in [1.54, 1.807) is 0 Å². The van der Waals surface area contributed by atoms with Crippen molar-refractivity contribution in [3.05, 3.63) is 48.0 Å². The molecule has 0 bridgehead atoms. The highest BCUT2D eigenvalue weighted by Gasteiger charge is 2.42. The van der Waals surface area contributed by atoms with Gasteiger partial charge in [0.15, 0.2) is 0 Å². The normalized spacial score (nSPS) is 15.6. The molecule has 1 aliphatic rings. The van der Waals surface area contributed by atoms with E-state index in [1.807, 2.05) is 11.8 Å². The molecule has 27 heavy (non-hydrogen) atoms. The third kappa shape index (κ3) is 3.21. The van der Waals surface area contributed by atoms with Crippen LogP contribution in [-0.2, 0) is 0 Å². The van der Waals surface area contributed by atoms with E-state index < -0.39 is 0 Å². The molecule has 4 rings (SSSR count). The van der Waals surface area contributed by atoms with Gasteiger partial charge in [0.1, 0.15) is 0 Å². The minimum Gasteiger partial charge on any atom is -0.368 e. The molecular weight excluding hydrogens is 350 g/mol. The highest BCUT2D eigenvalue weighted by Crippen LogP contribution is 2.42. The summed E-state index contributed by atoms with van der Waals surface area (Å²) < 4.78 is 0. The Labute approximate surface area is 165 Å². The van der Waals surface area contributed by atoms with Crippen molar-refractivity contribution in [1.29, 1.82) is 5.26 Å². The Hall–Kier alpha value is -2.38. The summed E-state index contributed by atoms with van der Waals surface area (Å²) in [5, 5.41) is 10.8. The van der Waals surface area contributed by atoms with E-state index in [2.05, 4.69) is 79.2 Å². The molecule has 0 amide bonds. The first-order valence-electron chi connectivity index (χ1n) is 9.60. The molecule has 2 heterocycles. The number of nitrogens with zero attached hydrogens (tertiary/aromatic N) is 2. The number of nitrogens with one attached hydrogen (secondary N) is 1. The van der Waals surface area contributed by atoms with E-state index in [-0.39, 0.29) is 5.41 Å². The number of thioether (sulfide) groups is 1. The molecule has 1 fully saturated rings. The fourth-order valence-electron chi connectivity index (χ4n) is 3.88. The number of nitriles is 1.